The molecule has 0 aliphatic rings. The Bertz CT molecular complexity index is 378. The Labute approximate surface area is 107 Å². The van der Waals surface area contributed by atoms with Gasteiger partial charge in [-0.15, -0.1) is 0 Å². The summed E-state index contributed by atoms with van der Waals surface area (Å²) in [4.78, 5) is 0. The highest BCUT2D eigenvalue weighted by atomic mass is 28.3. The van der Waals surface area contributed by atoms with Gasteiger partial charge in [0.2, 0.25) is 8.40 Å². The van der Waals surface area contributed by atoms with Crippen LogP contribution in [0.1, 0.15) is 12.5 Å². The highest BCUT2D eigenvalue weighted by Gasteiger charge is 2.39. The van der Waals surface area contributed by atoms with Crippen LogP contribution >= 0.6 is 0 Å². The van der Waals surface area contributed by atoms with Gasteiger partial charge < -0.3 is 9.13 Å². The zero-order chi connectivity index (χ0) is 13.1. The van der Waals surface area contributed by atoms with Gasteiger partial charge >= 0.3 is 0 Å². The van der Waals surface area contributed by atoms with Gasteiger partial charge in [-0.25, -0.2) is 0 Å². The average Bonchev–Trinajstić information content (AvgIpc) is 2.30. The third-order valence-corrected chi connectivity index (χ3v) is 8.74. The molecule has 0 aliphatic heterocycles. The summed E-state index contributed by atoms with van der Waals surface area (Å²) >= 11 is 0. The minimum atomic E-state index is -1.73. The van der Waals surface area contributed by atoms with E-state index in [-0.39, 0.29) is 0 Å². The van der Waals surface area contributed by atoms with Crippen LogP contribution in [-0.2, 0) is 0 Å². The first-order valence-electron chi connectivity index (χ1n) is 6.07. The molecule has 1 rings (SSSR count). The van der Waals surface area contributed by atoms with Crippen LogP contribution in [0.15, 0.2) is 30.8 Å². The van der Waals surface area contributed by atoms with Crippen molar-refractivity contribution in [1.29, 1.82) is 0 Å². The van der Waals surface area contributed by atoms with Crippen LogP contribution in [-0.4, -0.2) is 45.7 Å². The summed E-state index contributed by atoms with van der Waals surface area (Å²) in [7, 11) is 7.03. The predicted molar refractivity (Wildman–Crippen MR) is 79.8 cm³/mol. The van der Waals surface area contributed by atoms with E-state index in [1.54, 1.807) is 0 Å². The normalized spacial score (nSPS) is 12.2. The highest BCUT2D eigenvalue weighted by Crippen LogP contribution is 2.16. The van der Waals surface area contributed by atoms with E-state index < -0.39 is 8.40 Å². The molecule has 94 valence electrons. The second kappa shape index (κ2) is 5.62. The lowest BCUT2D eigenvalue weighted by Gasteiger charge is -2.42. The number of hydrogen-bond donors (Lipinski definition) is 0. The molecule has 0 unspecified atom stereocenters. The maximum absolute atomic E-state index is 3.86. The van der Waals surface area contributed by atoms with E-state index in [9.17, 15) is 0 Å². The Morgan fingerprint density at radius 3 is 2.18 bits per heavy atom. The van der Waals surface area contributed by atoms with Gasteiger partial charge in [0.05, 0.1) is 0 Å². The van der Waals surface area contributed by atoms with Crippen molar-refractivity contribution in [3.05, 3.63) is 36.4 Å². The van der Waals surface area contributed by atoms with Gasteiger partial charge in [0.1, 0.15) is 0 Å². The van der Waals surface area contributed by atoms with Gasteiger partial charge in [-0.1, -0.05) is 43.8 Å². The van der Waals surface area contributed by atoms with E-state index in [0.717, 1.165) is 0 Å². The van der Waals surface area contributed by atoms with E-state index in [1.807, 2.05) is 6.08 Å². The molecule has 0 radical (unpaired) electrons. The molecule has 0 aliphatic carbocycles. The molecule has 0 aromatic heterocycles. The van der Waals surface area contributed by atoms with Crippen molar-refractivity contribution in [2.75, 3.05) is 28.2 Å². The van der Waals surface area contributed by atoms with Crippen molar-refractivity contribution in [3.63, 3.8) is 0 Å². The SMILES string of the molecule is C=Cc1cccc([Si](CC)(N(C)C)N(C)C)c1. The van der Waals surface area contributed by atoms with Crippen molar-refractivity contribution < 1.29 is 0 Å². The van der Waals surface area contributed by atoms with Gasteiger partial charge in [0.25, 0.3) is 0 Å². The first kappa shape index (κ1) is 14.2. The molecule has 0 spiro atoms. The van der Waals surface area contributed by atoms with E-state index in [0.29, 0.717) is 0 Å². The molecule has 17 heavy (non-hydrogen) atoms. The second-order valence-electron chi connectivity index (χ2n) is 4.79. The molecule has 3 heteroatoms. The average molecular weight is 248 g/mol. The number of hydrogen-bond acceptors (Lipinski definition) is 2. The molecule has 0 N–H and O–H groups in total. The zero-order valence-electron chi connectivity index (χ0n) is 11.7. The van der Waals surface area contributed by atoms with Gasteiger partial charge in [-0.2, -0.15) is 0 Å². The smallest absolute Gasteiger partial charge is 0.238 e. The molecule has 0 atom stereocenters. The fraction of sp³-hybridized carbons (Fsp3) is 0.429. The van der Waals surface area contributed by atoms with Crippen molar-refractivity contribution in [3.8, 4) is 0 Å². The van der Waals surface area contributed by atoms with Crippen LogP contribution in [0.3, 0.4) is 0 Å². The fourth-order valence-electron chi connectivity index (χ4n) is 2.67. The molecule has 0 saturated carbocycles. The first-order valence-corrected chi connectivity index (χ1v) is 8.17. The molecule has 2 nitrogen and oxygen atoms in total. The summed E-state index contributed by atoms with van der Waals surface area (Å²) in [5, 5.41) is 1.45. The Morgan fingerprint density at radius 2 is 1.76 bits per heavy atom. The zero-order valence-corrected chi connectivity index (χ0v) is 12.7. The quantitative estimate of drug-likeness (QED) is 0.737. The van der Waals surface area contributed by atoms with E-state index in [1.165, 1.54) is 16.8 Å². The largest absolute Gasteiger partial charge is 0.314 e. The van der Waals surface area contributed by atoms with Gasteiger partial charge in [-0.3, -0.25) is 0 Å². The third-order valence-electron chi connectivity index (χ3n) is 3.56. The van der Waals surface area contributed by atoms with E-state index in [2.05, 4.69) is 75.1 Å². The van der Waals surface area contributed by atoms with Gasteiger partial charge in [-0.05, 0) is 45.0 Å². The highest BCUT2D eigenvalue weighted by molar-refractivity contribution is 6.87. The molecule has 1 aromatic carbocycles. The lowest BCUT2D eigenvalue weighted by Crippen LogP contribution is -2.68. The monoisotopic (exact) mass is 248 g/mol. The molecular formula is C14H24N2Si. The molecule has 1 aromatic rings. The Kier molecular flexibility index (Phi) is 4.68. The fourth-order valence-corrected chi connectivity index (χ4v) is 6.93. The molecule has 0 heterocycles. The molecule has 0 bridgehead atoms. The van der Waals surface area contributed by atoms with Crippen molar-refractivity contribution in [1.82, 2.24) is 9.13 Å². The summed E-state index contributed by atoms with van der Waals surface area (Å²) < 4.78 is 4.82. The second-order valence-corrected chi connectivity index (χ2v) is 9.50. The number of benzene rings is 1. The summed E-state index contributed by atoms with van der Waals surface area (Å²) in [6.07, 6.45) is 1.92. The third kappa shape index (κ3) is 2.51. The summed E-state index contributed by atoms with van der Waals surface area (Å²) in [5.41, 5.74) is 1.21. The standard InChI is InChI=1S/C14H24N2Si/c1-7-13-10-9-11-14(12-13)17(8-2,15(3)4)16(5)6/h7,9-12H,1,8H2,2-6H3. The predicted octanol–water partition coefficient (Wildman–Crippen LogP) is 2.12. The minimum absolute atomic E-state index is 1.17. The number of rotatable bonds is 5. The maximum atomic E-state index is 3.86. The Balaban J connectivity index is 3.35. The lowest BCUT2D eigenvalue weighted by molar-refractivity contribution is 0.494. The topological polar surface area (TPSA) is 6.48 Å². The molecular weight excluding hydrogens is 224 g/mol. The van der Waals surface area contributed by atoms with Crippen molar-refractivity contribution >= 4 is 19.7 Å². The lowest BCUT2D eigenvalue weighted by atomic mass is 10.2. The van der Waals surface area contributed by atoms with Crippen LogP contribution in [0, 0.1) is 0 Å². The van der Waals surface area contributed by atoms with Gasteiger partial charge in [0.15, 0.2) is 0 Å². The summed E-state index contributed by atoms with van der Waals surface area (Å²) in [5.74, 6) is 0. The summed E-state index contributed by atoms with van der Waals surface area (Å²) in [6, 6.07) is 9.95. The molecule has 0 saturated heterocycles. The van der Waals surface area contributed by atoms with Crippen molar-refractivity contribution in [2.24, 2.45) is 0 Å². The molecule has 0 amide bonds. The maximum Gasteiger partial charge on any atom is 0.238 e. The van der Waals surface area contributed by atoms with Gasteiger partial charge in [0, 0.05) is 0 Å². The summed E-state index contributed by atoms with van der Waals surface area (Å²) in [6.45, 7) is 6.14. The van der Waals surface area contributed by atoms with Crippen LogP contribution < -0.4 is 5.19 Å². The van der Waals surface area contributed by atoms with Crippen LogP contribution in [0.4, 0.5) is 0 Å². The van der Waals surface area contributed by atoms with Crippen LogP contribution in [0.2, 0.25) is 6.04 Å². The van der Waals surface area contributed by atoms with E-state index >= 15 is 0 Å². The number of nitrogens with zero attached hydrogens (tertiary/aromatic N) is 2. The minimum Gasteiger partial charge on any atom is -0.314 e. The van der Waals surface area contributed by atoms with E-state index in [4.69, 9.17) is 0 Å². The van der Waals surface area contributed by atoms with Crippen LogP contribution in [0.25, 0.3) is 6.08 Å². The van der Waals surface area contributed by atoms with Crippen LogP contribution in [0.5, 0.6) is 0 Å². The Hall–Kier alpha value is -0.903. The first-order chi connectivity index (χ1) is 7.98. The Morgan fingerprint density at radius 1 is 1.18 bits per heavy atom. The van der Waals surface area contributed by atoms with Crippen molar-refractivity contribution in [2.45, 2.75) is 13.0 Å². The molecule has 0 fully saturated rings.